The van der Waals surface area contributed by atoms with Crippen molar-refractivity contribution in [3.05, 3.63) is 89.7 Å². The highest BCUT2D eigenvalue weighted by molar-refractivity contribution is 7.90. The third-order valence-corrected chi connectivity index (χ3v) is 6.79. The first-order valence-corrected chi connectivity index (χ1v) is 13.0. The quantitative estimate of drug-likeness (QED) is 0.329. The van der Waals surface area contributed by atoms with Gasteiger partial charge in [-0.15, -0.1) is 0 Å². The van der Waals surface area contributed by atoms with Crippen LogP contribution in [0.2, 0.25) is 0 Å². The molecule has 202 valence electrons. The molecule has 39 heavy (non-hydrogen) atoms. The van der Waals surface area contributed by atoms with Crippen molar-refractivity contribution in [2.45, 2.75) is 11.1 Å². The van der Waals surface area contributed by atoms with E-state index in [2.05, 4.69) is 10.4 Å². The maximum Gasteiger partial charge on any atom is 0.435 e. The van der Waals surface area contributed by atoms with E-state index in [1.54, 1.807) is 30.3 Å². The summed E-state index contributed by atoms with van der Waals surface area (Å²) < 4.78 is 70.4. The average molecular weight is 560 g/mol. The topological polar surface area (TPSA) is 128 Å². The number of nitrogens with one attached hydrogen (secondary N) is 1. The number of ether oxygens (including phenoxy) is 1. The molecule has 0 atom stereocenters. The van der Waals surface area contributed by atoms with Gasteiger partial charge in [-0.05, 0) is 42.0 Å². The van der Waals surface area contributed by atoms with E-state index in [0.717, 1.165) is 12.3 Å². The van der Waals surface area contributed by atoms with Gasteiger partial charge in [0.25, 0.3) is 5.91 Å². The van der Waals surface area contributed by atoms with Gasteiger partial charge in [0.15, 0.2) is 15.5 Å². The summed E-state index contributed by atoms with van der Waals surface area (Å²) in [4.78, 5) is 25.0. The molecule has 0 saturated heterocycles. The first kappa shape index (κ1) is 27.4. The van der Waals surface area contributed by atoms with Crippen molar-refractivity contribution in [1.29, 1.82) is 0 Å². The number of carbonyl (C=O) groups is 2. The number of anilines is 1. The molecule has 0 fully saturated rings. The third-order valence-electron chi connectivity index (χ3n) is 5.64. The Morgan fingerprint density at radius 2 is 1.67 bits per heavy atom. The molecule has 0 radical (unpaired) electrons. The largest absolute Gasteiger partial charge is 0.497 e. The van der Waals surface area contributed by atoms with Crippen LogP contribution in [0, 0.1) is 0 Å². The Balaban J connectivity index is 1.72. The molecule has 0 saturated carbocycles. The minimum Gasteiger partial charge on any atom is -0.497 e. The Morgan fingerprint density at radius 1 is 1.00 bits per heavy atom. The summed E-state index contributed by atoms with van der Waals surface area (Å²) in [5.74, 6) is -2.32. The van der Waals surface area contributed by atoms with Gasteiger partial charge in [-0.25, -0.2) is 17.9 Å². The fourth-order valence-electron chi connectivity index (χ4n) is 3.82. The van der Waals surface area contributed by atoms with Crippen molar-refractivity contribution < 1.29 is 41.0 Å². The molecule has 4 rings (SSSR count). The number of alkyl halides is 3. The zero-order chi connectivity index (χ0) is 28.5. The van der Waals surface area contributed by atoms with Crippen LogP contribution >= 0.6 is 0 Å². The number of methoxy groups -OCH3 is 1. The molecule has 1 aromatic heterocycles. The average Bonchev–Trinajstić information content (AvgIpc) is 3.34. The second-order valence-corrected chi connectivity index (χ2v) is 10.3. The number of carbonyl (C=O) groups excluding carboxylic acids is 1. The number of rotatable bonds is 7. The van der Waals surface area contributed by atoms with Crippen LogP contribution in [-0.4, -0.2) is 48.5 Å². The first-order chi connectivity index (χ1) is 18.3. The van der Waals surface area contributed by atoms with Crippen molar-refractivity contribution in [2.75, 3.05) is 18.7 Å². The summed E-state index contributed by atoms with van der Waals surface area (Å²) >= 11 is 0. The molecule has 2 N–H and O–H groups in total. The summed E-state index contributed by atoms with van der Waals surface area (Å²) in [6.45, 7) is 0. The number of benzene rings is 3. The molecule has 4 aromatic rings. The zero-order valence-corrected chi connectivity index (χ0v) is 21.2. The van der Waals surface area contributed by atoms with E-state index in [1.807, 2.05) is 0 Å². The standard InChI is InChI=1S/C26H20F3N3O6S/c1-38-17-11-12-20(19(13-17)25(34)35)32-21(14-23(31-32)26(27,28)29)24(33)30-16-9-7-15(8-10-16)18-5-3-4-6-22(18)39(2,36)37/h3-14H,1-2H3,(H,30,33)(H,34,35). The molecule has 9 nitrogen and oxygen atoms in total. The first-order valence-electron chi connectivity index (χ1n) is 11.1. The van der Waals surface area contributed by atoms with Gasteiger partial charge in [-0.1, -0.05) is 30.3 Å². The molecule has 0 aliphatic rings. The molecule has 0 unspecified atom stereocenters. The molecule has 13 heteroatoms. The minimum absolute atomic E-state index is 0.110. The molecule has 0 bridgehead atoms. The van der Waals surface area contributed by atoms with Crippen molar-refractivity contribution in [3.63, 3.8) is 0 Å². The number of nitrogens with zero attached hydrogens (tertiary/aromatic N) is 2. The third kappa shape index (κ3) is 5.77. The molecule has 0 aliphatic carbocycles. The molecule has 0 spiro atoms. The summed E-state index contributed by atoms with van der Waals surface area (Å²) in [5, 5.41) is 15.6. The smallest absolute Gasteiger partial charge is 0.435 e. The lowest BCUT2D eigenvalue weighted by Gasteiger charge is -2.12. The molecular formula is C26H20F3N3O6S. The number of aromatic nitrogens is 2. The van der Waals surface area contributed by atoms with Gasteiger partial charge >= 0.3 is 12.1 Å². The van der Waals surface area contributed by atoms with Crippen LogP contribution in [-0.2, 0) is 16.0 Å². The summed E-state index contributed by atoms with van der Waals surface area (Å²) in [5.41, 5.74) is -1.52. The van der Waals surface area contributed by atoms with Crippen LogP contribution in [0.15, 0.2) is 77.7 Å². The highest BCUT2D eigenvalue weighted by Gasteiger charge is 2.36. The monoisotopic (exact) mass is 559 g/mol. The van der Waals surface area contributed by atoms with Crippen LogP contribution < -0.4 is 10.1 Å². The van der Waals surface area contributed by atoms with E-state index in [0.29, 0.717) is 21.9 Å². The maximum absolute atomic E-state index is 13.5. The Labute approximate surface area is 220 Å². The van der Waals surface area contributed by atoms with Crippen LogP contribution in [0.5, 0.6) is 5.75 Å². The van der Waals surface area contributed by atoms with Gasteiger partial charge in [0.1, 0.15) is 11.4 Å². The van der Waals surface area contributed by atoms with Crippen LogP contribution in [0.3, 0.4) is 0 Å². The molecule has 1 amide bonds. The lowest BCUT2D eigenvalue weighted by molar-refractivity contribution is -0.141. The number of halogens is 3. The Morgan fingerprint density at radius 3 is 2.26 bits per heavy atom. The highest BCUT2D eigenvalue weighted by Crippen LogP contribution is 2.32. The predicted octanol–water partition coefficient (Wildman–Crippen LogP) is 4.92. The fourth-order valence-corrected chi connectivity index (χ4v) is 4.73. The van der Waals surface area contributed by atoms with Crippen LogP contribution in [0.4, 0.5) is 18.9 Å². The van der Waals surface area contributed by atoms with Crippen molar-refractivity contribution >= 4 is 27.4 Å². The van der Waals surface area contributed by atoms with Gasteiger partial charge < -0.3 is 15.2 Å². The molecule has 0 aliphatic heterocycles. The van der Waals surface area contributed by atoms with Gasteiger partial charge in [-0.3, -0.25) is 4.79 Å². The Bertz CT molecular complexity index is 1680. The number of carboxylic acids is 1. The Kier molecular flexibility index (Phi) is 7.20. The van der Waals surface area contributed by atoms with E-state index in [4.69, 9.17) is 4.74 Å². The van der Waals surface area contributed by atoms with E-state index in [9.17, 15) is 36.3 Å². The predicted molar refractivity (Wildman–Crippen MR) is 135 cm³/mol. The summed E-state index contributed by atoms with van der Waals surface area (Å²) in [6, 6.07) is 16.5. The number of hydrogen-bond donors (Lipinski definition) is 2. The van der Waals surface area contributed by atoms with Gasteiger partial charge in [0.2, 0.25) is 0 Å². The van der Waals surface area contributed by atoms with E-state index in [-0.39, 0.29) is 22.0 Å². The maximum atomic E-state index is 13.5. The van der Waals surface area contributed by atoms with E-state index in [1.165, 1.54) is 37.4 Å². The lowest BCUT2D eigenvalue weighted by Crippen LogP contribution is -2.18. The number of carboxylic acid groups (broad SMARTS) is 1. The van der Waals surface area contributed by atoms with Crippen LogP contribution in [0.1, 0.15) is 26.5 Å². The van der Waals surface area contributed by atoms with Gasteiger partial charge in [0.05, 0.1) is 23.3 Å². The molecular weight excluding hydrogens is 539 g/mol. The van der Waals surface area contributed by atoms with E-state index < -0.39 is 44.8 Å². The summed E-state index contributed by atoms with van der Waals surface area (Å²) in [7, 11) is -2.23. The van der Waals surface area contributed by atoms with Crippen molar-refractivity contribution in [2.24, 2.45) is 0 Å². The van der Waals surface area contributed by atoms with Crippen molar-refractivity contribution in [3.8, 4) is 22.6 Å². The molecule has 1 heterocycles. The van der Waals surface area contributed by atoms with Crippen LogP contribution in [0.25, 0.3) is 16.8 Å². The lowest BCUT2D eigenvalue weighted by atomic mass is 10.1. The number of sulfone groups is 1. The molecule has 3 aromatic carbocycles. The fraction of sp³-hybridized carbons (Fsp3) is 0.115. The highest BCUT2D eigenvalue weighted by atomic mass is 32.2. The minimum atomic E-state index is -4.91. The number of hydrogen-bond acceptors (Lipinski definition) is 6. The van der Waals surface area contributed by atoms with E-state index >= 15 is 0 Å². The number of amides is 1. The van der Waals surface area contributed by atoms with Gasteiger partial charge in [-0.2, -0.15) is 18.3 Å². The van der Waals surface area contributed by atoms with Gasteiger partial charge in [0, 0.05) is 23.6 Å². The second kappa shape index (κ2) is 10.3. The summed E-state index contributed by atoms with van der Waals surface area (Å²) in [6.07, 6.45) is -3.83. The van der Waals surface area contributed by atoms with Crippen molar-refractivity contribution in [1.82, 2.24) is 9.78 Å². The SMILES string of the molecule is COc1ccc(-n2nc(C(F)(F)F)cc2C(=O)Nc2ccc(-c3ccccc3S(C)(=O)=O)cc2)c(C(=O)O)c1. The zero-order valence-electron chi connectivity index (χ0n) is 20.4. The normalized spacial score (nSPS) is 11.7. The number of aromatic carboxylic acids is 1. The second-order valence-electron chi connectivity index (χ2n) is 8.31. The Hall–Kier alpha value is -4.65.